The Labute approximate surface area is 217 Å². The van der Waals surface area contributed by atoms with E-state index in [1.54, 1.807) is 0 Å². The summed E-state index contributed by atoms with van der Waals surface area (Å²) in [5.74, 6) is 0. The van der Waals surface area contributed by atoms with E-state index in [1.807, 2.05) is 6.07 Å². The number of benzene rings is 6. The number of fused-ring (bicyclic) bond motifs is 6. The molecule has 2 heteroatoms. The van der Waals surface area contributed by atoms with Crippen LogP contribution >= 0.6 is 12.6 Å². The Morgan fingerprint density at radius 3 is 2.36 bits per heavy atom. The maximum Gasteiger partial charge on any atom is 0.0422 e. The predicted molar refractivity (Wildman–Crippen MR) is 158 cm³/mol. The lowest BCUT2D eigenvalue weighted by Gasteiger charge is -2.28. The van der Waals surface area contributed by atoms with Crippen LogP contribution in [-0.2, 0) is 12.8 Å². The van der Waals surface area contributed by atoms with Gasteiger partial charge in [-0.2, -0.15) is 0 Å². The lowest BCUT2D eigenvalue weighted by Crippen LogP contribution is -2.27. The zero-order valence-corrected chi connectivity index (χ0v) is 20.9. The van der Waals surface area contributed by atoms with Crippen LogP contribution in [0.2, 0.25) is 0 Å². The lowest BCUT2D eigenvalue weighted by atomic mass is 9.84. The van der Waals surface area contributed by atoms with E-state index in [1.165, 1.54) is 60.3 Å². The van der Waals surface area contributed by atoms with Gasteiger partial charge in [-0.3, -0.25) is 0 Å². The molecule has 0 heterocycles. The summed E-state index contributed by atoms with van der Waals surface area (Å²) in [6, 6.07) is 40.1. The van der Waals surface area contributed by atoms with Crippen LogP contribution in [0.5, 0.6) is 0 Å². The van der Waals surface area contributed by atoms with Gasteiger partial charge in [-0.05, 0) is 86.6 Å². The third-order valence-corrected chi connectivity index (χ3v) is 8.19. The van der Waals surface area contributed by atoms with Crippen molar-refractivity contribution in [2.45, 2.75) is 30.2 Å². The number of anilines is 1. The second-order valence-electron chi connectivity index (χ2n) is 9.93. The van der Waals surface area contributed by atoms with E-state index >= 15 is 0 Å². The van der Waals surface area contributed by atoms with Gasteiger partial charge in [-0.1, -0.05) is 91.0 Å². The Kier molecular flexibility index (Phi) is 5.22. The molecule has 0 amide bonds. The van der Waals surface area contributed by atoms with Gasteiger partial charge in [-0.15, -0.1) is 12.6 Å². The largest absolute Gasteiger partial charge is 0.381 e. The molecular formula is C34H27NS. The molecule has 1 aliphatic rings. The monoisotopic (exact) mass is 481 g/mol. The number of thiol groups is 1. The van der Waals surface area contributed by atoms with Crippen molar-refractivity contribution in [3.8, 4) is 11.1 Å². The summed E-state index contributed by atoms with van der Waals surface area (Å²) in [7, 11) is 0. The van der Waals surface area contributed by atoms with Gasteiger partial charge in [0.2, 0.25) is 0 Å². The summed E-state index contributed by atoms with van der Waals surface area (Å²) in [5, 5.41) is 11.9. The molecule has 0 spiro atoms. The van der Waals surface area contributed by atoms with Crippen molar-refractivity contribution in [2.24, 2.45) is 0 Å². The minimum absolute atomic E-state index is 0.404. The normalized spacial score (nSPS) is 15.3. The van der Waals surface area contributed by atoms with Crippen molar-refractivity contribution >= 4 is 50.6 Å². The Balaban J connectivity index is 1.26. The fourth-order valence-corrected chi connectivity index (χ4v) is 6.27. The molecule has 0 bridgehead atoms. The second kappa shape index (κ2) is 8.72. The molecule has 1 atom stereocenters. The van der Waals surface area contributed by atoms with Crippen LogP contribution in [-0.4, -0.2) is 6.04 Å². The molecule has 0 saturated carbocycles. The molecule has 0 aliphatic heterocycles. The molecule has 0 aromatic heterocycles. The second-order valence-corrected chi connectivity index (χ2v) is 10.4. The van der Waals surface area contributed by atoms with Gasteiger partial charge in [-0.25, -0.2) is 0 Å². The Bertz CT molecular complexity index is 1770. The quantitative estimate of drug-likeness (QED) is 0.190. The maximum atomic E-state index is 4.70. The van der Waals surface area contributed by atoms with Gasteiger partial charge in [0, 0.05) is 22.0 Å². The van der Waals surface area contributed by atoms with E-state index in [-0.39, 0.29) is 0 Å². The fraction of sp³-hybridized carbons (Fsp3) is 0.118. The summed E-state index contributed by atoms with van der Waals surface area (Å²) in [4.78, 5) is 1.01. The van der Waals surface area contributed by atoms with E-state index in [0.29, 0.717) is 6.04 Å². The van der Waals surface area contributed by atoms with Crippen molar-refractivity contribution in [3.63, 3.8) is 0 Å². The van der Waals surface area contributed by atoms with Gasteiger partial charge in [0.15, 0.2) is 0 Å². The first-order valence-corrected chi connectivity index (χ1v) is 13.2. The summed E-state index contributed by atoms with van der Waals surface area (Å²) in [5.41, 5.74) is 6.59. The number of nitrogens with one attached hydrogen (secondary N) is 1. The SMILES string of the molecule is Sc1ccccc1-c1ccc2cccc(NC3CCc4ccc5c(ccc6ccccc65)c4C3)c2c1. The van der Waals surface area contributed by atoms with Crippen LogP contribution in [0, 0.1) is 0 Å². The minimum atomic E-state index is 0.404. The van der Waals surface area contributed by atoms with Crippen LogP contribution in [0.15, 0.2) is 114 Å². The van der Waals surface area contributed by atoms with Gasteiger partial charge < -0.3 is 5.32 Å². The first-order valence-electron chi connectivity index (χ1n) is 12.7. The summed E-state index contributed by atoms with van der Waals surface area (Å²) in [6.07, 6.45) is 3.29. The molecule has 0 saturated heterocycles. The van der Waals surface area contributed by atoms with Crippen LogP contribution in [0.4, 0.5) is 5.69 Å². The average Bonchev–Trinajstić information content (AvgIpc) is 2.93. The first-order chi connectivity index (χ1) is 17.7. The molecule has 6 aromatic rings. The Morgan fingerprint density at radius 2 is 1.42 bits per heavy atom. The molecule has 1 aliphatic carbocycles. The van der Waals surface area contributed by atoms with Crippen molar-refractivity contribution in [3.05, 3.63) is 120 Å². The number of rotatable bonds is 3. The molecule has 1 N–H and O–H groups in total. The first kappa shape index (κ1) is 21.5. The third-order valence-electron chi connectivity index (χ3n) is 7.80. The Morgan fingerprint density at radius 1 is 0.639 bits per heavy atom. The van der Waals surface area contributed by atoms with E-state index in [9.17, 15) is 0 Å². The zero-order valence-electron chi connectivity index (χ0n) is 20.0. The van der Waals surface area contributed by atoms with Crippen LogP contribution in [0.3, 0.4) is 0 Å². The van der Waals surface area contributed by atoms with E-state index in [2.05, 4.69) is 108 Å². The Hall–Kier alpha value is -3.75. The topological polar surface area (TPSA) is 12.0 Å². The van der Waals surface area contributed by atoms with Crippen molar-refractivity contribution in [2.75, 3.05) is 5.32 Å². The summed E-state index contributed by atoms with van der Waals surface area (Å²) < 4.78 is 0. The van der Waals surface area contributed by atoms with Gasteiger partial charge in [0.25, 0.3) is 0 Å². The van der Waals surface area contributed by atoms with E-state index in [4.69, 9.17) is 12.6 Å². The zero-order chi connectivity index (χ0) is 24.1. The average molecular weight is 482 g/mol. The molecule has 6 aromatic carbocycles. The van der Waals surface area contributed by atoms with Crippen LogP contribution in [0.25, 0.3) is 43.4 Å². The van der Waals surface area contributed by atoms with Crippen molar-refractivity contribution < 1.29 is 0 Å². The van der Waals surface area contributed by atoms with Gasteiger partial charge in [0.1, 0.15) is 0 Å². The van der Waals surface area contributed by atoms with Gasteiger partial charge in [0.05, 0.1) is 0 Å². The van der Waals surface area contributed by atoms with Crippen LogP contribution in [0.1, 0.15) is 17.5 Å². The van der Waals surface area contributed by atoms with E-state index in [0.717, 1.165) is 24.2 Å². The number of hydrogen-bond donors (Lipinski definition) is 2. The molecule has 1 unspecified atom stereocenters. The molecule has 0 fully saturated rings. The summed E-state index contributed by atoms with van der Waals surface area (Å²) >= 11 is 4.70. The molecule has 1 nitrogen and oxygen atoms in total. The molecule has 0 radical (unpaired) electrons. The number of aryl methyl sites for hydroxylation is 1. The standard InChI is InChI=1S/C34H27NS/c36-34-11-4-3-9-28(34)25-13-12-23-7-5-10-33(32(23)20-25)35-26-17-14-24-16-18-29-27-8-2-1-6-22(27)15-19-30(29)31(24)21-26/h1-13,15-16,18-20,26,35-36H,14,17,21H2. The number of hydrogen-bond acceptors (Lipinski definition) is 2. The van der Waals surface area contributed by atoms with Crippen LogP contribution < -0.4 is 5.32 Å². The highest BCUT2D eigenvalue weighted by atomic mass is 32.1. The predicted octanol–water partition coefficient (Wildman–Crippen LogP) is 9.07. The highest BCUT2D eigenvalue weighted by Gasteiger charge is 2.21. The fourth-order valence-electron chi connectivity index (χ4n) is 5.98. The van der Waals surface area contributed by atoms with E-state index < -0.39 is 0 Å². The summed E-state index contributed by atoms with van der Waals surface area (Å²) in [6.45, 7) is 0. The lowest BCUT2D eigenvalue weighted by molar-refractivity contribution is 0.615. The highest BCUT2D eigenvalue weighted by Crippen LogP contribution is 2.36. The molecule has 7 rings (SSSR count). The third kappa shape index (κ3) is 3.65. The highest BCUT2D eigenvalue weighted by molar-refractivity contribution is 7.80. The molecular weight excluding hydrogens is 454 g/mol. The minimum Gasteiger partial charge on any atom is -0.381 e. The molecule has 36 heavy (non-hydrogen) atoms. The van der Waals surface area contributed by atoms with Gasteiger partial charge >= 0.3 is 0 Å². The smallest absolute Gasteiger partial charge is 0.0422 e. The van der Waals surface area contributed by atoms with Crippen molar-refractivity contribution in [1.29, 1.82) is 0 Å². The molecule has 174 valence electrons. The maximum absolute atomic E-state index is 4.70. The van der Waals surface area contributed by atoms with Crippen molar-refractivity contribution in [1.82, 2.24) is 0 Å².